The second-order valence-corrected chi connectivity index (χ2v) is 8.55. The summed E-state index contributed by atoms with van der Waals surface area (Å²) < 4.78 is 71.8. The average Bonchev–Trinajstić information content (AvgIpc) is 2.67. The molecule has 0 spiro atoms. The van der Waals surface area contributed by atoms with Crippen LogP contribution in [0.1, 0.15) is 12.0 Å². The second kappa shape index (κ2) is 7.25. The molecule has 2 aromatic carbocycles. The Kier molecular flexibility index (Phi) is 4.89. The van der Waals surface area contributed by atoms with Gasteiger partial charge in [0.1, 0.15) is 11.5 Å². The van der Waals surface area contributed by atoms with Crippen LogP contribution in [0.4, 0.5) is 18.9 Å². The molecule has 0 amide bonds. The van der Waals surface area contributed by atoms with Gasteiger partial charge in [-0.2, -0.15) is 13.2 Å². The van der Waals surface area contributed by atoms with Gasteiger partial charge < -0.3 is 14.5 Å². The summed E-state index contributed by atoms with van der Waals surface area (Å²) in [6, 6.07) is 11.4. The number of halogens is 3. The largest absolute Gasteiger partial charge is 0.457 e. The lowest BCUT2D eigenvalue weighted by molar-refractivity contribution is -0.137. The van der Waals surface area contributed by atoms with E-state index in [4.69, 9.17) is 4.74 Å². The number of alkyl halides is 3. The Morgan fingerprint density at radius 1 is 0.966 bits per heavy atom. The molecule has 154 valence electrons. The van der Waals surface area contributed by atoms with Crippen molar-refractivity contribution in [2.45, 2.75) is 12.6 Å². The number of sulfonamides is 1. The van der Waals surface area contributed by atoms with Crippen molar-refractivity contribution in [3.8, 4) is 11.5 Å². The van der Waals surface area contributed by atoms with Gasteiger partial charge in [-0.1, -0.05) is 6.07 Å². The van der Waals surface area contributed by atoms with Gasteiger partial charge in [0.25, 0.3) is 10.0 Å². The Morgan fingerprint density at radius 2 is 1.72 bits per heavy atom. The zero-order chi connectivity index (χ0) is 20.6. The minimum atomic E-state index is -4.44. The minimum absolute atomic E-state index is 0.00804. The van der Waals surface area contributed by atoms with Gasteiger partial charge >= 0.3 is 6.18 Å². The molecule has 2 heterocycles. The first kappa shape index (κ1) is 19.6. The Hall–Kier alpha value is -2.75. The molecule has 29 heavy (non-hydrogen) atoms. The van der Waals surface area contributed by atoms with Crippen molar-refractivity contribution in [2.75, 3.05) is 30.3 Å². The van der Waals surface area contributed by atoms with Crippen molar-refractivity contribution in [1.29, 1.82) is 0 Å². The van der Waals surface area contributed by atoms with E-state index in [0.717, 1.165) is 30.8 Å². The van der Waals surface area contributed by atoms with Gasteiger partial charge in [-0.3, -0.25) is 0 Å². The molecule has 2 aromatic rings. The van der Waals surface area contributed by atoms with E-state index in [1.807, 2.05) is 9.80 Å². The SMILES string of the molecule is O=S1(=O)CCN2CCCN(c3ccc(Oc4cccc(C(F)(F)F)c4)cc3)C2=N1. The van der Waals surface area contributed by atoms with Crippen molar-refractivity contribution in [3.05, 3.63) is 54.1 Å². The highest BCUT2D eigenvalue weighted by atomic mass is 32.2. The fraction of sp³-hybridized carbons (Fsp3) is 0.316. The molecule has 0 unspecified atom stereocenters. The summed E-state index contributed by atoms with van der Waals surface area (Å²) >= 11 is 0. The predicted octanol–water partition coefficient (Wildman–Crippen LogP) is 3.71. The Bertz CT molecular complexity index is 1040. The Morgan fingerprint density at radius 3 is 2.45 bits per heavy atom. The lowest BCUT2D eigenvalue weighted by Gasteiger charge is -2.40. The molecule has 6 nitrogen and oxygen atoms in total. The van der Waals surface area contributed by atoms with Gasteiger partial charge in [0.05, 0.1) is 11.3 Å². The standard InChI is InChI=1S/C19H18F3N3O3S/c20-19(21,22)14-3-1-4-17(13-14)28-16-7-5-15(6-8-16)25-10-2-9-24-11-12-29(26,27)23-18(24)25/h1,3-8,13H,2,9-12H2. The molecule has 10 heteroatoms. The van der Waals surface area contributed by atoms with Crippen LogP contribution < -0.4 is 9.64 Å². The van der Waals surface area contributed by atoms with Crippen molar-refractivity contribution in [3.63, 3.8) is 0 Å². The average molecular weight is 425 g/mol. The zero-order valence-corrected chi connectivity index (χ0v) is 16.1. The van der Waals surface area contributed by atoms with Crippen LogP contribution in [-0.2, 0) is 16.2 Å². The van der Waals surface area contributed by atoms with Crippen molar-refractivity contribution in [2.24, 2.45) is 4.40 Å². The number of nitrogens with zero attached hydrogens (tertiary/aromatic N) is 3. The van der Waals surface area contributed by atoms with Gasteiger partial charge in [-0.25, -0.2) is 8.42 Å². The lowest BCUT2D eigenvalue weighted by Crippen LogP contribution is -2.54. The fourth-order valence-electron chi connectivity index (χ4n) is 3.32. The van der Waals surface area contributed by atoms with E-state index in [2.05, 4.69) is 4.40 Å². The van der Waals surface area contributed by atoms with Crippen LogP contribution in [0.2, 0.25) is 0 Å². The van der Waals surface area contributed by atoms with Crippen molar-refractivity contribution < 1.29 is 26.3 Å². The molecular formula is C19H18F3N3O3S. The molecular weight excluding hydrogens is 407 g/mol. The van der Waals surface area contributed by atoms with Crippen LogP contribution in [0.5, 0.6) is 11.5 Å². The minimum Gasteiger partial charge on any atom is -0.457 e. The summed E-state index contributed by atoms with van der Waals surface area (Å²) in [7, 11) is -3.47. The molecule has 0 N–H and O–H groups in total. The summed E-state index contributed by atoms with van der Waals surface area (Å²) in [5.41, 5.74) is -0.0431. The first-order valence-corrected chi connectivity index (χ1v) is 10.6. The molecule has 2 aliphatic rings. The molecule has 1 fully saturated rings. The van der Waals surface area contributed by atoms with Crippen molar-refractivity contribution >= 4 is 21.7 Å². The first-order chi connectivity index (χ1) is 13.7. The molecule has 0 bridgehead atoms. The Balaban J connectivity index is 1.55. The molecule has 0 atom stereocenters. The number of rotatable bonds is 3. The third-order valence-electron chi connectivity index (χ3n) is 4.72. The van der Waals surface area contributed by atoms with Crippen molar-refractivity contribution in [1.82, 2.24) is 4.90 Å². The molecule has 4 rings (SSSR count). The van der Waals surface area contributed by atoms with Crippen LogP contribution in [0, 0.1) is 0 Å². The van der Waals surface area contributed by atoms with Crippen LogP contribution in [0.15, 0.2) is 52.9 Å². The first-order valence-electron chi connectivity index (χ1n) is 9.02. The van der Waals surface area contributed by atoms with Crippen LogP contribution in [-0.4, -0.2) is 44.7 Å². The molecule has 0 aromatic heterocycles. The molecule has 0 saturated carbocycles. The van der Waals surface area contributed by atoms with Crippen LogP contribution in [0.25, 0.3) is 0 Å². The van der Waals surface area contributed by atoms with Crippen LogP contribution in [0.3, 0.4) is 0 Å². The second-order valence-electron chi connectivity index (χ2n) is 6.79. The van der Waals surface area contributed by atoms with E-state index < -0.39 is 21.8 Å². The third kappa shape index (κ3) is 4.31. The topological polar surface area (TPSA) is 62.2 Å². The summed E-state index contributed by atoms with van der Waals surface area (Å²) in [5, 5.41) is 0. The molecule has 1 saturated heterocycles. The zero-order valence-electron chi connectivity index (χ0n) is 15.3. The third-order valence-corrected chi connectivity index (χ3v) is 5.86. The molecule has 2 aliphatic heterocycles. The van der Waals surface area contributed by atoms with E-state index in [1.54, 1.807) is 24.3 Å². The number of hydrogen-bond acceptors (Lipinski definition) is 5. The number of hydrogen-bond donors (Lipinski definition) is 0. The summed E-state index contributed by atoms with van der Waals surface area (Å²) in [4.78, 5) is 3.77. The summed E-state index contributed by atoms with van der Waals surface area (Å²) in [6.45, 7) is 1.79. The quantitative estimate of drug-likeness (QED) is 0.750. The van der Waals surface area contributed by atoms with E-state index in [0.29, 0.717) is 24.8 Å². The number of ether oxygens (including phenoxy) is 1. The van der Waals surface area contributed by atoms with E-state index >= 15 is 0 Å². The summed E-state index contributed by atoms with van der Waals surface area (Å²) in [5.74, 6) is 0.877. The maximum absolute atomic E-state index is 12.8. The summed E-state index contributed by atoms with van der Waals surface area (Å²) in [6.07, 6.45) is -3.58. The monoisotopic (exact) mass is 425 g/mol. The number of anilines is 1. The van der Waals surface area contributed by atoms with Crippen LogP contribution >= 0.6 is 0 Å². The van der Waals surface area contributed by atoms with E-state index in [-0.39, 0.29) is 11.5 Å². The van der Waals surface area contributed by atoms with E-state index in [1.165, 1.54) is 12.1 Å². The molecule has 0 radical (unpaired) electrons. The number of fused-ring (bicyclic) bond motifs is 1. The number of benzene rings is 2. The van der Waals surface area contributed by atoms with Gasteiger partial charge in [-0.05, 0) is 48.9 Å². The highest BCUT2D eigenvalue weighted by molar-refractivity contribution is 7.90. The van der Waals surface area contributed by atoms with Gasteiger partial charge in [0, 0.05) is 25.3 Å². The van der Waals surface area contributed by atoms with E-state index in [9.17, 15) is 21.6 Å². The number of guanidine groups is 1. The maximum Gasteiger partial charge on any atom is 0.416 e. The lowest BCUT2D eigenvalue weighted by atomic mass is 10.2. The highest BCUT2D eigenvalue weighted by Gasteiger charge is 2.32. The highest BCUT2D eigenvalue weighted by Crippen LogP contribution is 2.33. The normalized spacial score (nSPS) is 18.8. The smallest absolute Gasteiger partial charge is 0.416 e. The van der Waals surface area contributed by atoms with Gasteiger partial charge in [0.15, 0.2) is 0 Å². The Labute approximate surface area is 166 Å². The predicted molar refractivity (Wildman–Crippen MR) is 103 cm³/mol. The maximum atomic E-state index is 12.8. The fourth-order valence-corrected chi connectivity index (χ4v) is 4.32. The van der Waals surface area contributed by atoms with Gasteiger partial charge in [0.2, 0.25) is 5.96 Å². The van der Waals surface area contributed by atoms with Gasteiger partial charge in [-0.15, -0.1) is 4.40 Å². The molecule has 0 aliphatic carbocycles.